The van der Waals surface area contributed by atoms with E-state index in [0.717, 1.165) is 5.92 Å². The summed E-state index contributed by atoms with van der Waals surface area (Å²) in [6.45, 7) is 4.80. The molecule has 0 N–H and O–H groups in total. The standard InChI is InChI=1S/C10H20I/c1-3-8-11-10-7-5-4-6-9(10)2/h9-10H,3-8H2,1-2H3/q-1. The Labute approximate surface area is 81.4 Å². The van der Waals surface area contributed by atoms with Crippen LogP contribution >= 0.6 is 0 Å². The van der Waals surface area contributed by atoms with Crippen molar-refractivity contribution in [2.24, 2.45) is 5.92 Å². The third kappa shape index (κ3) is 3.30. The van der Waals surface area contributed by atoms with E-state index in [0.29, 0.717) is 21.2 Å². The number of rotatable bonds is 3. The van der Waals surface area contributed by atoms with E-state index >= 15 is 0 Å². The van der Waals surface area contributed by atoms with Crippen molar-refractivity contribution in [1.82, 2.24) is 0 Å². The molecule has 1 saturated carbocycles. The zero-order chi connectivity index (χ0) is 8.10. The SMILES string of the molecule is CCC[I-]C1CCCCC1C. The number of halogens is 1. The molecule has 0 spiro atoms. The van der Waals surface area contributed by atoms with Gasteiger partial charge >= 0.3 is 81.4 Å². The summed E-state index contributed by atoms with van der Waals surface area (Å²) in [6.07, 6.45) is 7.55. The molecule has 0 radical (unpaired) electrons. The molecule has 0 aromatic heterocycles. The van der Waals surface area contributed by atoms with Gasteiger partial charge in [0.25, 0.3) is 0 Å². The molecule has 68 valence electrons. The molecule has 0 bridgehead atoms. The monoisotopic (exact) mass is 267 g/mol. The fourth-order valence-corrected chi connectivity index (χ4v) is 5.28. The molecule has 1 aliphatic carbocycles. The number of alkyl halides is 2. The van der Waals surface area contributed by atoms with Crippen molar-refractivity contribution >= 4 is 0 Å². The van der Waals surface area contributed by atoms with Crippen LogP contribution in [0, 0.1) is 5.92 Å². The molecular formula is C10H20I-. The van der Waals surface area contributed by atoms with Gasteiger partial charge in [0.1, 0.15) is 0 Å². The summed E-state index contributed by atoms with van der Waals surface area (Å²) >= 11 is 0.563. The van der Waals surface area contributed by atoms with Crippen LogP contribution in [0.15, 0.2) is 0 Å². The van der Waals surface area contributed by atoms with Gasteiger partial charge < -0.3 is 0 Å². The van der Waals surface area contributed by atoms with Crippen molar-refractivity contribution in [3.05, 3.63) is 0 Å². The van der Waals surface area contributed by atoms with Crippen LogP contribution in [-0.2, 0) is 0 Å². The normalized spacial score (nSPS) is 32.5. The minimum atomic E-state index is 0.563. The Kier molecular flexibility index (Phi) is 4.81. The zero-order valence-electron chi connectivity index (χ0n) is 7.78. The van der Waals surface area contributed by atoms with Gasteiger partial charge in [0.05, 0.1) is 0 Å². The van der Waals surface area contributed by atoms with Crippen LogP contribution in [0.1, 0.15) is 46.0 Å². The van der Waals surface area contributed by atoms with Gasteiger partial charge in [0, 0.05) is 0 Å². The van der Waals surface area contributed by atoms with Crippen molar-refractivity contribution < 1.29 is 21.2 Å². The Balaban J connectivity index is 2.18. The summed E-state index contributed by atoms with van der Waals surface area (Å²) < 4.78 is 2.75. The Morgan fingerprint density at radius 1 is 1.27 bits per heavy atom. The predicted molar refractivity (Wildman–Crippen MR) is 46.6 cm³/mol. The van der Waals surface area contributed by atoms with E-state index in [9.17, 15) is 0 Å². The molecule has 1 heteroatoms. The fraction of sp³-hybridized carbons (Fsp3) is 1.00. The van der Waals surface area contributed by atoms with Crippen molar-refractivity contribution in [2.45, 2.75) is 49.9 Å². The molecule has 0 nitrogen and oxygen atoms in total. The third-order valence-electron chi connectivity index (χ3n) is 2.50. The van der Waals surface area contributed by atoms with E-state index in [-0.39, 0.29) is 0 Å². The summed E-state index contributed by atoms with van der Waals surface area (Å²) in [4.78, 5) is 0. The van der Waals surface area contributed by atoms with Gasteiger partial charge in [-0.2, -0.15) is 0 Å². The molecule has 0 aromatic carbocycles. The third-order valence-corrected chi connectivity index (χ3v) is 7.19. The van der Waals surface area contributed by atoms with E-state index in [2.05, 4.69) is 13.8 Å². The van der Waals surface area contributed by atoms with E-state index in [1.54, 1.807) is 10.8 Å². The van der Waals surface area contributed by atoms with Crippen LogP contribution in [0.25, 0.3) is 0 Å². The summed E-state index contributed by atoms with van der Waals surface area (Å²) in [5.74, 6) is 1.07. The van der Waals surface area contributed by atoms with Gasteiger partial charge in [-0.15, -0.1) is 0 Å². The van der Waals surface area contributed by atoms with Crippen LogP contribution < -0.4 is 21.2 Å². The van der Waals surface area contributed by atoms with Crippen LogP contribution in [0.3, 0.4) is 0 Å². The maximum atomic E-state index is 2.47. The van der Waals surface area contributed by atoms with Gasteiger partial charge in [-0.1, -0.05) is 0 Å². The first kappa shape index (κ1) is 9.82. The second-order valence-corrected chi connectivity index (χ2v) is 7.18. The van der Waals surface area contributed by atoms with Crippen molar-refractivity contribution in [3.8, 4) is 0 Å². The van der Waals surface area contributed by atoms with E-state index < -0.39 is 0 Å². The number of hydrogen-bond acceptors (Lipinski definition) is 0. The minimum absolute atomic E-state index is 0.563. The second-order valence-electron chi connectivity index (χ2n) is 3.62. The summed E-state index contributed by atoms with van der Waals surface area (Å²) in [5, 5.41) is 0. The van der Waals surface area contributed by atoms with E-state index in [1.807, 2.05) is 0 Å². The molecule has 2 atom stereocenters. The van der Waals surface area contributed by atoms with Gasteiger partial charge in [0.15, 0.2) is 0 Å². The van der Waals surface area contributed by atoms with Gasteiger partial charge in [-0.25, -0.2) is 0 Å². The predicted octanol–water partition coefficient (Wildman–Crippen LogP) is 0.0641. The average molecular weight is 267 g/mol. The van der Waals surface area contributed by atoms with Crippen LogP contribution in [0.5, 0.6) is 0 Å². The van der Waals surface area contributed by atoms with Gasteiger partial charge in [-0.05, 0) is 0 Å². The summed E-state index contributed by atoms with van der Waals surface area (Å²) in [6, 6.07) is 0. The Hall–Kier alpha value is 0.730. The molecule has 1 aliphatic rings. The van der Waals surface area contributed by atoms with Crippen molar-refractivity contribution in [1.29, 1.82) is 0 Å². The van der Waals surface area contributed by atoms with Crippen molar-refractivity contribution in [3.63, 3.8) is 0 Å². The average Bonchev–Trinajstić information content (AvgIpc) is 2.03. The molecule has 0 aliphatic heterocycles. The molecule has 1 rings (SSSR count). The number of hydrogen-bond donors (Lipinski definition) is 0. The molecule has 0 saturated heterocycles. The Morgan fingerprint density at radius 3 is 2.64 bits per heavy atom. The molecule has 0 amide bonds. The first-order valence-electron chi connectivity index (χ1n) is 4.92. The van der Waals surface area contributed by atoms with Crippen LogP contribution in [0.2, 0.25) is 0 Å². The summed E-state index contributed by atoms with van der Waals surface area (Å²) in [5.41, 5.74) is 0. The molecule has 1 fully saturated rings. The quantitative estimate of drug-likeness (QED) is 0.501. The Bertz CT molecular complexity index is 101. The van der Waals surface area contributed by atoms with E-state index in [4.69, 9.17) is 0 Å². The first-order valence-corrected chi connectivity index (χ1v) is 7.69. The summed E-state index contributed by atoms with van der Waals surface area (Å²) in [7, 11) is 0. The van der Waals surface area contributed by atoms with Crippen molar-refractivity contribution in [2.75, 3.05) is 4.43 Å². The van der Waals surface area contributed by atoms with Gasteiger partial charge in [-0.3, -0.25) is 0 Å². The zero-order valence-corrected chi connectivity index (χ0v) is 9.93. The van der Waals surface area contributed by atoms with E-state index in [1.165, 1.54) is 29.6 Å². The first-order chi connectivity index (χ1) is 5.34. The topological polar surface area (TPSA) is 0 Å². The maximum absolute atomic E-state index is 2.47. The van der Waals surface area contributed by atoms with Crippen LogP contribution in [0.4, 0.5) is 0 Å². The molecule has 11 heavy (non-hydrogen) atoms. The van der Waals surface area contributed by atoms with Gasteiger partial charge in [0.2, 0.25) is 0 Å². The van der Waals surface area contributed by atoms with Crippen LogP contribution in [-0.4, -0.2) is 8.35 Å². The Morgan fingerprint density at radius 2 is 2.00 bits per heavy atom. The fourth-order valence-electron chi connectivity index (χ4n) is 1.75. The molecule has 0 heterocycles. The second kappa shape index (κ2) is 5.39. The molecule has 0 aromatic rings. The molecular weight excluding hydrogens is 247 g/mol. The molecule has 2 unspecified atom stereocenters.